The molecule has 0 radical (unpaired) electrons. The summed E-state index contributed by atoms with van der Waals surface area (Å²) in [5.41, 5.74) is 2.33. The third-order valence-corrected chi connectivity index (χ3v) is 4.77. The fourth-order valence-corrected chi connectivity index (χ4v) is 3.19. The Morgan fingerprint density at radius 1 is 1.12 bits per heavy atom. The van der Waals surface area contributed by atoms with E-state index in [1.54, 1.807) is 12.1 Å². The summed E-state index contributed by atoms with van der Waals surface area (Å²) in [6.45, 7) is 2.02. The van der Waals surface area contributed by atoms with Crippen molar-refractivity contribution in [2.45, 2.75) is 31.6 Å². The summed E-state index contributed by atoms with van der Waals surface area (Å²) >= 11 is 1.50. The van der Waals surface area contributed by atoms with Gasteiger partial charge in [0.2, 0.25) is 5.91 Å². The Kier molecular flexibility index (Phi) is 7.47. The van der Waals surface area contributed by atoms with Crippen LogP contribution in [0, 0.1) is 10.1 Å². The van der Waals surface area contributed by atoms with Crippen LogP contribution in [-0.2, 0) is 17.0 Å². The molecule has 0 fully saturated rings. The molecular formula is C19H22N2O3S. The van der Waals surface area contributed by atoms with Gasteiger partial charge in [-0.2, -0.15) is 0 Å². The van der Waals surface area contributed by atoms with Crippen molar-refractivity contribution in [1.82, 2.24) is 5.32 Å². The fourth-order valence-electron chi connectivity index (χ4n) is 2.39. The number of hydrogen-bond acceptors (Lipinski definition) is 4. The van der Waals surface area contributed by atoms with E-state index in [2.05, 4.69) is 17.4 Å². The van der Waals surface area contributed by atoms with Gasteiger partial charge in [0.1, 0.15) is 0 Å². The topological polar surface area (TPSA) is 72.2 Å². The molecule has 2 rings (SSSR count). The summed E-state index contributed by atoms with van der Waals surface area (Å²) < 4.78 is 0. The van der Waals surface area contributed by atoms with Crippen LogP contribution in [0.25, 0.3) is 0 Å². The molecule has 0 aliphatic rings. The molecule has 1 atom stereocenters. The number of thioether (sulfide) groups is 1. The number of carbonyl (C=O) groups excluding carboxylic acids is 1. The molecule has 6 heteroatoms. The minimum absolute atomic E-state index is 0.0208. The van der Waals surface area contributed by atoms with Crippen LogP contribution in [0.5, 0.6) is 0 Å². The van der Waals surface area contributed by atoms with Crippen LogP contribution in [0.3, 0.4) is 0 Å². The maximum absolute atomic E-state index is 12.0. The second-order valence-electron chi connectivity index (χ2n) is 5.91. The summed E-state index contributed by atoms with van der Waals surface area (Å²) in [6.07, 6.45) is 1.85. The summed E-state index contributed by atoms with van der Waals surface area (Å²) in [5, 5.41) is 13.6. The van der Waals surface area contributed by atoms with Crippen molar-refractivity contribution in [3.8, 4) is 0 Å². The van der Waals surface area contributed by atoms with Gasteiger partial charge < -0.3 is 5.32 Å². The first-order valence-corrected chi connectivity index (χ1v) is 9.34. The molecule has 1 amide bonds. The van der Waals surface area contributed by atoms with Crippen molar-refractivity contribution in [2.24, 2.45) is 0 Å². The summed E-state index contributed by atoms with van der Waals surface area (Å²) in [6, 6.07) is 16.8. The van der Waals surface area contributed by atoms with Crippen LogP contribution in [-0.4, -0.2) is 22.6 Å². The molecular weight excluding hydrogens is 336 g/mol. The van der Waals surface area contributed by atoms with E-state index in [-0.39, 0.29) is 17.6 Å². The maximum atomic E-state index is 12.0. The van der Waals surface area contributed by atoms with E-state index in [0.717, 1.165) is 18.4 Å². The number of hydrogen-bond donors (Lipinski definition) is 1. The largest absolute Gasteiger partial charge is 0.353 e. The Hall–Kier alpha value is -2.34. The third-order valence-electron chi connectivity index (χ3n) is 3.77. The standard InChI is InChI=1S/C19H22N2O3S/c1-15(7-8-16-5-3-2-4-6-16)20-19(22)14-25-13-17-9-11-18(12-10-17)21(23)24/h2-6,9-12,15H,7-8,13-14H2,1H3,(H,20,22)/t15-/m0/s1. The molecule has 0 saturated heterocycles. The number of nitrogens with zero attached hydrogens (tertiary/aromatic N) is 1. The number of aryl methyl sites for hydroxylation is 1. The smallest absolute Gasteiger partial charge is 0.269 e. The molecule has 0 aromatic heterocycles. The van der Waals surface area contributed by atoms with Gasteiger partial charge in [0.05, 0.1) is 10.7 Å². The van der Waals surface area contributed by atoms with E-state index in [1.807, 2.05) is 25.1 Å². The van der Waals surface area contributed by atoms with Crippen LogP contribution < -0.4 is 5.32 Å². The average molecular weight is 358 g/mol. The molecule has 0 bridgehead atoms. The maximum Gasteiger partial charge on any atom is 0.269 e. The molecule has 5 nitrogen and oxygen atoms in total. The first-order chi connectivity index (χ1) is 12.0. The molecule has 25 heavy (non-hydrogen) atoms. The number of nitro benzene ring substituents is 1. The lowest BCUT2D eigenvalue weighted by Gasteiger charge is -2.13. The molecule has 0 spiro atoms. The molecule has 2 aromatic carbocycles. The highest BCUT2D eigenvalue weighted by molar-refractivity contribution is 7.99. The second kappa shape index (κ2) is 9.84. The highest BCUT2D eigenvalue weighted by atomic mass is 32.2. The zero-order valence-electron chi connectivity index (χ0n) is 14.2. The number of rotatable bonds is 9. The zero-order chi connectivity index (χ0) is 18.1. The van der Waals surface area contributed by atoms with E-state index >= 15 is 0 Å². The van der Waals surface area contributed by atoms with E-state index in [4.69, 9.17) is 0 Å². The van der Waals surface area contributed by atoms with Gasteiger partial charge in [0.25, 0.3) is 5.69 Å². The number of amides is 1. The number of nitrogens with one attached hydrogen (secondary N) is 1. The summed E-state index contributed by atoms with van der Waals surface area (Å²) in [4.78, 5) is 22.2. The third kappa shape index (κ3) is 6.97. The number of non-ortho nitro benzene ring substituents is 1. The normalized spacial score (nSPS) is 11.7. The Bertz CT molecular complexity index is 690. The minimum atomic E-state index is -0.415. The van der Waals surface area contributed by atoms with Gasteiger partial charge in [-0.1, -0.05) is 42.5 Å². The monoisotopic (exact) mass is 358 g/mol. The molecule has 2 aromatic rings. The highest BCUT2D eigenvalue weighted by Gasteiger charge is 2.08. The van der Waals surface area contributed by atoms with E-state index < -0.39 is 4.92 Å². The second-order valence-corrected chi connectivity index (χ2v) is 6.89. The first kappa shape index (κ1) is 19.0. The van der Waals surface area contributed by atoms with Crippen molar-refractivity contribution < 1.29 is 9.72 Å². The SMILES string of the molecule is C[C@@H](CCc1ccccc1)NC(=O)CSCc1ccc([N+](=O)[O-])cc1. The van der Waals surface area contributed by atoms with Crippen molar-refractivity contribution in [2.75, 3.05) is 5.75 Å². The van der Waals surface area contributed by atoms with Gasteiger partial charge in [-0.25, -0.2) is 0 Å². The molecule has 0 saturated carbocycles. The molecule has 0 aliphatic heterocycles. The number of benzene rings is 2. The van der Waals surface area contributed by atoms with Crippen molar-refractivity contribution in [3.05, 3.63) is 75.8 Å². The van der Waals surface area contributed by atoms with Crippen LogP contribution in [0.15, 0.2) is 54.6 Å². The average Bonchev–Trinajstić information content (AvgIpc) is 2.61. The molecule has 0 heterocycles. The Morgan fingerprint density at radius 2 is 1.80 bits per heavy atom. The lowest BCUT2D eigenvalue weighted by Crippen LogP contribution is -2.34. The Morgan fingerprint density at radius 3 is 2.44 bits per heavy atom. The fraction of sp³-hybridized carbons (Fsp3) is 0.316. The van der Waals surface area contributed by atoms with Gasteiger partial charge >= 0.3 is 0 Å². The van der Waals surface area contributed by atoms with E-state index in [1.165, 1.54) is 29.5 Å². The summed E-state index contributed by atoms with van der Waals surface area (Å²) in [5.74, 6) is 1.06. The lowest BCUT2D eigenvalue weighted by atomic mass is 10.1. The van der Waals surface area contributed by atoms with Gasteiger partial charge in [0, 0.05) is 23.9 Å². The van der Waals surface area contributed by atoms with Gasteiger partial charge in [0.15, 0.2) is 0 Å². The predicted molar refractivity (Wildman–Crippen MR) is 102 cm³/mol. The number of carbonyl (C=O) groups is 1. The first-order valence-electron chi connectivity index (χ1n) is 8.19. The predicted octanol–water partition coefficient (Wildman–Crippen LogP) is 3.97. The molecule has 132 valence electrons. The van der Waals surface area contributed by atoms with E-state index in [9.17, 15) is 14.9 Å². The van der Waals surface area contributed by atoms with Gasteiger partial charge in [-0.3, -0.25) is 14.9 Å². The summed E-state index contributed by atoms with van der Waals surface area (Å²) in [7, 11) is 0. The minimum Gasteiger partial charge on any atom is -0.353 e. The highest BCUT2D eigenvalue weighted by Crippen LogP contribution is 2.16. The molecule has 0 aliphatic carbocycles. The Balaban J connectivity index is 1.65. The van der Waals surface area contributed by atoms with E-state index in [0.29, 0.717) is 11.5 Å². The van der Waals surface area contributed by atoms with Crippen LogP contribution in [0.4, 0.5) is 5.69 Å². The van der Waals surface area contributed by atoms with Crippen molar-refractivity contribution in [1.29, 1.82) is 0 Å². The molecule has 0 unspecified atom stereocenters. The quantitative estimate of drug-likeness (QED) is 0.544. The van der Waals surface area contributed by atoms with Crippen LogP contribution in [0.1, 0.15) is 24.5 Å². The Labute approximate surface area is 152 Å². The van der Waals surface area contributed by atoms with Crippen LogP contribution >= 0.6 is 11.8 Å². The zero-order valence-corrected chi connectivity index (χ0v) is 15.0. The van der Waals surface area contributed by atoms with Gasteiger partial charge in [-0.05, 0) is 30.9 Å². The number of nitro groups is 1. The van der Waals surface area contributed by atoms with Crippen molar-refractivity contribution in [3.63, 3.8) is 0 Å². The molecule has 1 N–H and O–H groups in total. The lowest BCUT2D eigenvalue weighted by molar-refractivity contribution is -0.384. The van der Waals surface area contributed by atoms with Crippen molar-refractivity contribution >= 4 is 23.4 Å². The van der Waals surface area contributed by atoms with Crippen LogP contribution in [0.2, 0.25) is 0 Å². The van der Waals surface area contributed by atoms with Gasteiger partial charge in [-0.15, -0.1) is 11.8 Å².